The molecule has 176 valence electrons. The molecule has 0 aliphatic heterocycles. The lowest BCUT2D eigenvalue weighted by Gasteiger charge is -2.15. The zero-order valence-electron chi connectivity index (χ0n) is 19.1. The van der Waals surface area contributed by atoms with Gasteiger partial charge in [-0.3, -0.25) is 9.59 Å². The third kappa shape index (κ3) is 14.5. The van der Waals surface area contributed by atoms with Gasteiger partial charge in [0.2, 0.25) is 5.91 Å². The first kappa shape index (κ1) is 27.0. The van der Waals surface area contributed by atoms with E-state index in [1.165, 1.54) is 69.9 Å². The number of carboxylic acids is 1. The maximum absolute atomic E-state index is 12.4. The Balaban J connectivity index is 2.10. The van der Waals surface area contributed by atoms with Gasteiger partial charge in [-0.25, -0.2) is 0 Å². The minimum Gasteiger partial charge on any atom is -0.508 e. The van der Waals surface area contributed by atoms with Gasteiger partial charge in [-0.1, -0.05) is 64.7 Å². The molecular weight excluding hydrogens is 394 g/mol. The molecule has 6 nitrogen and oxygen atoms in total. The third-order valence-electron chi connectivity index (χ3n) is 5.41. The number of anilines is 1. The Morgan fingerprint density at radius 2 is 1.42 bits per heavy atom. The van der Waals surface area contributed by atoms with Crippen LogP contribution >= 0.6 is 0 Å². The molecule has 0 bridgehead atoms. The van der Waals surface area contributed by atoms with E-state index in [-0.39, 0.29) is 18.1 Å². The van der Waals surface area contributed by atoms with Gasteiger partial charge >= 0.3 is 5.97 Å². The molecule has 6 heteroatoms. The molecule has 0 radical (unpaired) electrons. The van der Waals surface area contributed by atoms with E-state index in [0.717, 1.165) is 13.0 Å². The Morgan fingerprint density at radius 1 is 0.871 bits per heavy atom. The molecule has 1 amide bonds. The minimum atomic E-state index is -0.989. The highest BCUT2D eigenvalue weighted by molar-refractivity contribution is 5.94. The molecule has 1 aromatic carbocycles. The van der Waals surface area contributed by atoms with Crippen LogP contribution in [0, 0.1) is 5.92 Å². The van der Waals surface area contributed by atoms with Crippen LogP contribution in [0.25, 0.3) is 0 Å². The summed E-state index contributed by atoms with van der Waals surface area (Å²) < 4.78 is 5.67. The molecule has 0 saturated heterocycles. The quantitative estimate of drug-likeness (QED) is 0.179. The van der Waals surface area contributed by atoms with Crippen molar-refractivity contribution in [1.82, 2.24) is 0 Å². The van der Waals surface area contributed by atoms with Crippen LogP contribution in [-0.4, -0.2) is 35.3 Å². The first-order valence-electron chi connectivity index (χ1n) is 11.9. The van der Waals surface area contributed by atoms with E-state index in [1.54, 1.807) is 12.1 Å². The number of carbonyl (C=O) groups excluding carboxylic acids is 1. The van der Waals surface area contributed by atoms with Crippen LogP contribution in [0.15, 0.2) is 24.3 Å². The van der Waals surface area contributed by atoms with Crippen LogP contribution in [0.1, 0.15) is 90.4 Å². The summed E-state index contributed by atoms with van der Waals surface area (Å²) in [6.07, 6.45) is 13.8. The van der Waals surface area contributed by atoms with Crippen molar-refractivity contribution in [2.75, 3.05) is 18.5 Å². The van der Waals surface area contributed by atoms with E-state index in [2.05, 4.69) is 12.2 Å². The van der Waals surface area contributed by atoms with Gasteiger partial charge in [-0.05, 0) is 43.5 Å². The first-order chi connectivity index (χ1) is 15.0. The number of carboxylic acid groups (broad SMARTS) is 1. The Kier molecular flexibility index (Phi) is 15.3. The number of rotatable bonds is 19. The number of unbranched alkanes of at least 4 members (excludes halogenated alkanes) is 9. The van der Waals surface area contributed by atoms with Crippen molar-refractivity contribution >= 4 is 17.6 Å². The average Bonchev–Trinajstić information content (AvgIpc) is 2.74. The Hall–Kier alpha value is -2.08. The van der Waals surface area contributed by atoms with Crippen molar-refractivity contribution < 1.29 is 24.5 Å². The fraction of sp³-hybridized carbons (Fsp3) is 0.680. The highest BCUT2D eigenvalue weighted by Gasteiger charge is 2.21. The molecule has 1 aromatic rings. The van der Waals surface area contributed by atoms with E-state index in [0.29, 0.717) is 25.1 Å². The number of aliphatic carboxylic acids is 1. The topological polar surface area (TPSA) is 95.9 Å². The summed E-state index contributed by atoms with van der Waals surface area (Å²) in [4.78, 5) is 23.5. The van der Waals surface area contributed by atoms with Gasteiger partial charge in [-0.2, -0.15) is 0 Å². The molecule has 0 aromatic heterocycles. The van der Waals surface area contributed by atoms with E-state index in [9.17, 15) is 14.7 Å². The fourth-order valence-electron chi connectivity index (χ4n) is 3.55. The van der Waals surface area contributed by atoms with Crippen LogP contribution in [0.3, 0.4) is 0 Å². The molecule has 3 N–H and O–H groups in total. The molecule has 0 spiro atoms. The average molecular weight is 436 g/mol. The Labute approximate surface area is 187 Å². The highest BCUT2D eigenvalue weighted by Crippen LogP contribution is 2.18. The van der Waals surface area contributed by atoms with Crippen molar-refractivity contribution in [1.29, 1.82) is 0 Å². The van der Waals surface area contributed by atoms with E-state index in [1.807, 2.05) is 0 Å². The maximum Gasteiger partial charge on any atom is 0.304 e. The summed E-state index contributed by atoms with van der Waals surface area (Å²) in [5.41, 5.74) is 0.537. The number of hydrogen-bond acceptors (Lipinski definition) is 4. The van der Waals surface area contributed by atoms with Gasteiger partial charge in [0.15, 0.2) is 0 Å². The monoisotopic (exact) mass is 435 g/mol. The van der Waals surface area contributed by atoms with Crippen molar-refractivity contribution in [3.8, 4) is 5.75 Å². The predicted molar refractivity (Wildman–Crippen MR) is 124 cm³/mol. The van der Waals surface area contributed by atoms with Crippen LogP contribution in [0.4, 0.5) is 5.69 Å². The summed E-state index contributed by atoms with van der Waals surface area (Å²) in [5.74, 6) is -1.80. The van der Waals surface area contributed by atoms with E-state index < -0.39 is 11.9 Å². The lowest BCUT2D eigenvalue weighted by atomic mass is 9.98. The van der Waals surface area contributed by atoms with Crippen LogP contribution in [0.2, 0.25) is 0 Å². The zero-order chi connectivity index (χ0) is 22.7. The van der Waals surface area contributed by atoms with Gasteiger partial charge < -0.3 is 20.3 Å². The molecular formula is C25H41NO5. The maximum atomic E-state index is 12.4. The second-order valence-electron chi connectivity index (χ2n) is 8.27. The van der Waals surface area contributed by atoms with Crippen molar-refractivity contribution in [2.45, 2.75) is 90.4 Å². The number of benzene rings is 1. The molecule has 1 atom stereocenters. The number of ether oxygens (including phenoxy) is 1. The SMILES string of the molecule is CCCCCCCCCCCCOCCCC(CC(=O)O)C(=O)Nc1ccc(O)cc1. The van der Waals surface area contributed by atoms with E-state index >= 15 is 0 Å². The highest BCUT2D eigenvalue weighted by atomic mass is 16.5. The van der Waals surface area contributed by atoms with E-state index in [4.69, 9.17) is 9.84 Å². The smallest absolute Gasteiger partial charge is 0.304 e. The van der Waals surface area contributed by atoms with Crippen LogP contribution < -0.4 is 5.32 Å². The normalized spacial score (nSPS) is 11.9. The van der Waals surface area contributed by atoms with Crippen molar-refractivity contribution in [2.24, 2.45) is 5.92 Å². The predicted octanol–water partition coefficient (Wildman–Crippen LogP) is 6.14. The minimum absolute atomic E-state index is 0.111. The van der Waals surface area contributed by atoms with Crippen LogP contribution in [-0.2, 0) is 14.3 Å². The second-order valence-corrected chi connectivity index (χ2v) is 8.27. The van der Waals surface area contributed by atoms with Crippen molar-refractivity contribution in [3.63, 3.8) is 0 Å². The summed E-state index contributed by atoms with van der Waals surface area (Å²) in [5, 5.41) is 21.1. The molecule has 0 aliphatic carbocycles. The number of nitrogens with one attached hydrogen (secondary N) is 1. The zero-order valence-corrected chi connectivity index (χ0v) is 19.1. The van der Waals surface area contributed by atoms with Gasteiger partial charge in [0.1, 0.15) is 5.75 Å². The molecule has 0 aliphatic rings. The summed E-state index contributed by atoms with van der Waals surface area (Å²) in [6, 6.07) is 6.12. The van der Waals surface area contributed by atoms with Gasteiger partial charge in [-0.15, -0.1) is 0 Å². The number of phenolic OH excluding ortho intramolecular Hbond substituents is 1. The standard InChI is InChI=1S/C25H41NO5/c1-2-3-4-5-6-7-8-9-10-11-18-31-19-12-13-21(20-24(28)29)25(30)26-22-14-16-23(27)17-15-22/h14-17,21,27H,2-13,18-20H2,1H3,(H,26,30)(H,28,29). The largest absolute Gasteiger partial charge is 0.508 e. The number of hydrogen-bond donors (Lipinski definition) is 3. The number of amides is 1. The molecule has 1 rings (SSSR count). The van der Waals surface area contributed by atoms with Crippen LogP contribution in [0.5, 0.6) is 5.75 Å². The summed E-state index contributed by atoms with van der Waals surface area (Å²) in [7, 11) is 0. The van der Waals surface area contributed by atoms with Gasteiger partial charge in [0, 0.05) is 24.8 Å². The second kappa shape index (κ2) is 17.6. The Morgan fingerprint density at radius 3 is 2.00 bits per heavy atom. The van der Waals surface area contributed by atoms with Gasteiger partial charge in [0.05, 0.1) is 6.42 Å². The molecule has 1 unspecified atom stereocenters. The third-order valence-corrected chi connectivity index (χ3v) is 5.41. The first-order valence-corrected chi connectivity index (χ1v) is 11.9. The number of carbonyl (C=O) groups is 2. The Bertz CT molecular complexity index is 602. The number of phenols is 1. The number of aromatic hydroxyl groups is 1. The molecule has 31 heavy (non-hydrogen) atoms. The fourth-order valence-corrected chi connectivity index (χ4v) is 3.55. The molecule has 0 fully saturated rings. The summed E-state index contributed by atoms with van der Waals surface area (Å²) in [6.45, 7) is 3.51. The van der Waals surface area contributed by atoms with Crippen molar-refractivity contribution in [3.05, 3.63) is 24.3 Å². The summed E-state index contributed by atoms with van der Waals surface area (Å²) >= 11 is 0. The van der Waals surface area contributed by atoms with Gasteiger partial charge in [0.25, 0.3) is 0 Å². The lowest BCUT2D eigenvalue weighted by Crippen LogP contribution is -2.25. The molecule has 0 saturated carbocycles. The lowest BCUT2D eigenvalue weighted by molar-refractivity contribution is -0.140. The molecule has 0 heterocycles.